The van der Waals surface area contributed by atoms with Crippen LogP contribution in [0.15, 0.2) is 16.6 Å². The predicted octanol–water partition coefficient (Wildman–Crippen LogP) is 4.16. The van der Waals surface area contributed by atoms with Crippen molar-refractivity contribution in [1.82, 2.24) is 0 Å². The van der Waals surface area contributed by atoms with Gasteiger partial charge in [0, 0.05) is 5.56 Å². The van der Waals surface area contributed by atoms with Gasteiger partial charge in [0.05, 0.1) is 4.47 Å². The van der Waals surface area contributed by atoms with Crippen molar-refractivity contribution in [3.05, 3.63) is 27.7 Å². The van der Waals surface area contributed by atoms with Crippen LogP contribution >= 0.6 is 15.9 Å². The third-order valence-electron chi connectivity index (χ3n) is 2.96. The first kappa shape index (κ1) is 16.0. The van der Waals surface area contributed by atoms with Crippen molar-refractivity contribution >= 4 is 21.9 Å². The average molecular weight is 329 g/mol. The van der Waals surface area contributed by atoms with Crippen molar-refractivity contribution in [3.63, 3.8) is 0 Å². The Labute approximate surface area is 123 Å². The highest BCUT2D eigenvalue weighted by Gasteiger charge is 2.24. The number of hydrogen-bond donors (Lipinski definition) is 1. The standard InChI is InChI=1S/C15H21BrO3/c1-6-10-7-11(15(3,4)5)13(12(16)8-10)19-9(2)14(17)18/h7-9H,6H2,1-5H3,(H,17,18). The number of aliphatic carboxylic acids is 1. The Morgan fingerprint density at radius 1 is 1.42 bits per heavy atom. The first-order valence-corrected chi connectivity index (χ1v) is 7.18. The maximum atomic E-state index is 11.0. The van der Waals surface area contributed by atoms with Crippen LogP contribution in [0.25, 0.3) is 0 Å². The largest absolute Gasteiger partial charge is 0.479 e. The number of carboxylic acids is 1. The number of carboxylic acid groups (broad SMARTS) is 1. The van der Waals surface area contributed by atoms with Crippen molar-refractivity contribution in [2.45, 2.75) is 52.6 Å². The zero-order chi connectivity index (χ0) is 14.8. The molecule has 3 nitrogen and oxygen atoms in total. The van der Waals surface area contributed by atoms with E-state index < -0.39 is 12.1 Å². The Kier molecular flexibility index (Phi) is 5.02. The quantitative estimate of drug-likeness (QED) is 0.902. The number of rotatable bonds is 4. The molecule has 1 rings (SSSR count). The van der Waals surface area contributed by atoms with Gasteiger partial charge in [-0.2, -0.15) is 0 Å². The van der Waals surface area contributed by atoms with Crippen LogP contribution in [0.5, 0.6) is 5.75 Å². The van der Waals surface area contributed by atoms with E-state index in [0.717, 1.165) is 16.5 Å². The van der Waals surface area contributed by atoms with E-state index in [1.54, 1.807) is 0 Å². The highest BCUT2D eigenvalue weighted by atomic mass is 79.9. The second-order valence-electron chi connectivity index (χ2n) is 5.66. The molecular weight excluding hydrogens is 308 g/mol. The second-order valence-corrected chi connectivity index (χ2v) is 6.51. The van der Waals surface area contributed by atoms with Gasteiger partial charge in [0.2, 0.25) is 0 Å². The molecule has 0 heterocycles. The van der Waals surface area contributed by atoms with Crippen LogP contribution in [0.1, 0.15) is 45.7 Å². The molecule has 0 aromatic heterocycles. The minimum absolute atomic E-state index is 0.110. The van der Waals surface area contributed by atoms with Gasteiger partial charge in [-0.25, -0.2) is 4.79 Å². The summed E-state index contributed by atoms with van der Waals surface area (Å²) in [5.41, 5.74) is 2.11. The average Bonchev–Trinajstić information content (AvgIpc) is 2.29. The minimum atomic E-state index is -0.966. The number of aryl methyl sites for hydroxylation is 1. The van der Waals surface area contributed by atoms with E-state index in [1.807, 2.05) is 6.07 Å². The van der Waals surface area contributed by atoms with E-state index in [9.17, 15) is 4.79 Å². The van der Waals surface area contributed by atoms with E-state index in [2.05, 4.69) is 49.7 Å². The predicted molar refractivity (Wildman–Crippen MR) is 79.9 cm³/mol. The number of ether oxygens (including phenoxy) is 1. The minimum Gasteiger partial charge on any atom is -0.479 e. The summed E-state index contributed by atoms with van der Waals surface area (Å²) >= 11 is 3.49. The van der Waals surface area contributed by atoms with Gasteiger partial charge < -0.3 is 9.84 Å². The van der Waals surface area contributed by atoms with Crippen molar-refractivity contribution in [2.24, 2.45) is 0 Å². The molecule has 0 aliphatic carbocycles. The molecule has 1 unspecified atom stereocenters. The molecule has 0 amide bonds. The molecule has 1 N–H and O–H groups in total. The summed E-state index contributed by atoms with van der Waals surface area (Å²) in [5.74, 6) is -0.342. The summed E-state index contributed by atoms with van der Waals surface area (Å²) in [4.78, 5) is 11.0. The van der Waals surface area contributed by atoms with Gasteiger partial charge in [0.15, 0.2) is 6.10 Å². The maximum absolute atomic E-state index is 11.0. The molecule has 0 saturated carbocycles. The summed E-state index contributed by atoms with van der Waals surface area (Å²) in [6.07, 6.45) is 0.0565. The molecule has 106 valence electrons. The normalized spacial score (nSPS) is 13.2. The molecule has 0 aliphatic rings. The zero-order valence-corrected chi connectivity index (χ0v) is 13.7. The van der Waals surface area contributed by atoms with E-state index in [4.69, 9.17) is 9.84 Å². The van der Waals surface area contributed by atoms with E-state index in [1.165, 1.54) is 12.5 Å². The SMILES string of the molecule is CCc1cc(Br)c(OC(C)C(=O)O)c(C(C)(C)C)c1. The maximum Gasteiger partial charge on any atom is 0.344 e. The van der Waals surface area contributed by atoms with Crippen molar-refractivity contribution in [3.8, 4) is 5.75 Å². The van der Waals surface area contributed by atoms with E-state index in [0.29, 0.717) is 5.75 Å². The Morgan fingerprint density at radius 2 is 2.00 bits per heavy atom. The van der Waals surface area contributed by atoms with Crippen LogP contribution in [0.4, 0.5) is 0 Å². The van der Waals surface area contributed by atoms with Crippen LogP contribution < -0.4 is 4.74 Å². The molecular formula is C15H21BrO3. The lowest BCUT2D eigenvalue weighted by atomic mass is 9.85. The Morgan fingerprint density at radius 3 is 2.42 bits per heavy atom. The molecule has 0 radical (unpaired) electrons. The van der Waals surface area contributed by atoms with Gasteiger partial charge in [-0.3, -0.25) is 0 Å². The molecule has 0 aliphatic heterocycles. The third kappa shape index (κ3) is 3.96. The first-order valence-electron chi connectivity index (χ1n) is 6.39. The smallest absolute Gasteiger partial charge is 0.344 e. The van der Waals surface area contributed by atoms with Crippen molar-refractivity contribution in [1.29, 1.82) is 0 Å². The van der Waals surface area contributed by atoms with Crippen LogP contribution in [0.3, 0.4) is 0 Å². The number of hydrogen-bond acceptors (Lipinski definition) is 2. The molecule has 0 spiro atoms. The fourth-order valence-electron chi connectivity index (χ4n) is 1.76. The summed E-state index contributed by atoms with van der Waals surface area (Å²) in [6, 6.07) is 4.08. The first-order chi connectivity index (χ1) is 8.66. The monoisotopic (exact) mass is 328 g/mol. The number of benzene rings is 1. The molecule has 0 saturated heterocycles. The van der Waals surface area contributed by atoms with Crippen LogP contribution in [0.2, 0.25) is 0 Å². The second kappa shape index (κ2) is 5.95. The van der Waals surface area contributed by atoms with Crippen LogP contribution in [0, 0.1) is 0 Å². The van der Waals surface area contributed by atoms with Gasteiger partial charge >= 0.3 is 5.97 Å². The molecule has 1 aromatic carbocycles. The zero-order valence-electron chi connectivity index (χ0n) is 12.1. The van der Waals surface area contributed by atoms with Gasteiger partial charge in [-0.1, -0.05) is 33.8 Å². The Balaban J connectivity index is 3.32. The lowest BCUT2D eigenvalue weighted by Crippen LogP contribution is -2.25. The third-order valence-corrected chi connectivity index (χ3v) is 3.55. The van der Waals surface area contributed by atoms with Crippen molar-refractivity contribution in [2.75, 3.05) is 0 Å². The lowest BCUT2D eigenvalue weighted by Gasteiger charge is -2.26. The number of halogens is 1. The Hall–Kier alpha value is -1.03. The molecule has 0 bridgehead atoms. The molecule has 1 atom stereocenters. The van der Waals surface area contributed by atoms with Gasteiger partial charge in [-0.05, 0) is 46.3 Å². The molecule has 0 fully saturated rings. The Bertz CT molecular complexity index is 475. The molecule has 1 aromatic rings. The molecule has 19 heavy (non-hydrogen) atoms. The highest BCUT2D eigenvalue weighted by Crippen LogP contribution is 2.38. The fourth-order valence-corrected chi connectivity index (χ4v) is 2.36. The van der Waals surface area contributed by atoms with Crippen molar-refractivity contribution < 1.29 is 14.6 Å². The van der Waals surface area contributed by atoms with E-state index >= 15 is 0 Å². The summed E-state index contributed by atoms with van der Waals surface area (Å²) < 4.78 is 6.43. The fraction of sp³-hybridized carbons (Fsp3) is 0.533. The molecule has 4 heteroatoms. The number of carbonyl (C=O) groups is 1. The summed E-state index contributed by atoms with van der Waals surface area (Å²) in [6.45, 7) is 9.90. The topological polar surface area (TPSA) is 46.5 Å². The van der Waals surface area contributed by atoms with Crippen LogP contribution in [-0.4, -0.2) is 17.2 Å². The summed E-state index contributed by atoms with van der Waals surface area (Å²) in [5, 5.41) is 8.99. The van der Waals surface area contributed by atoms with E-state index in [-0.39, 0.29) is 5.41 Å². The van der Waals surface area contributed by atoms with Gasteiger partial charge in [0.25, 0.3) is 0 Å². The lowest BCUT2D eigenvalue weighted by molar-refractivity contribution is -0.144. The van der Waals surface area contributed by atoms with Gasteiger partial charge in [-0.15, -0.1) is 0 Å². The van der Waals surface area contributed by atoms with Gasteiger partial charge in [0.1, 0.15) is 5.75 Å². The highest BCUT2D eigenvalue weighted by molar-refractivity contribution is 9.10. The summed E-state index contributed by atoms with van der Waals surface area (Å²) in [7, 11) is 0. The van der Waals surface area contributed by atoms with Crippen LogP contribution in [-0.2, 0) is 16.6 Å².